The first-order valence-electron chi connectivity index (χ1n) is 5.06. The van der Waals surface area contributed by atoms with Gasteiger partial charge in [-0.15, -0.1) is 0 Å². The van der Waals surface area contributed by atoms with Crippen LogP contribution in [0.4, 0.5) is 0 Å². The number of hydrogen-bond acceptors (Lipinski definition) is 3. The van der Waals surface area contributed by atoms with Gasteiger partial charge in [0, 0.05) is 19.1 Å². The molecule has 1 atom stereocenters. The second-order valence-electron chi connectivity index (χ2n) is 4.08. The van der Waals surface area contributed by atoms with Gasteiger partial charge in [0.2, 0.25) is 0 Å². The van der Waals surface area contributed by atoms with Crippen LogP contribution in [0.1, 0.15) is 13.3 Å². The molecule has 1 unspecified atom stereocenters. The van der Waals surface area contributed by atoms with Crippen LogP contribution >= 0.6 is 0 Å². The molecule has 0 amide bonds. The Morgan fingerprint density at radius 2 is 1.69 bits per heavy atom. The molecule has 80 valence electrons. The number of nitrogens with zero attached hydrogens (tertiary/aromatic N) is 2. The molecule has 0 aromatic rings. The SMILES string of the molecule is CNC(C)CCN(C)CCN(C)C. The molecule has 0 aromatic carbocycles. The highest BCUT2D eigenvalue weighted by Gasteiger charge is 2.02. The molecule has 0 fully saturated rings. The van der Waals surface area contributed by atoms with E-state index in [1.807, 2.05) is 7.05 Å². The summed E-state index contributed by atoms with van der Waals surface area (Å²) in [6.45, 7) is 5.70. The molecule has 0 spiro atoms. The molecule has 0 aliphatic heterocycles. The Kier molecular flexibility index (Phi) is 7.23. The van der Waals surface area contributed by atoms with Crippen LogP contribution in [0.15, 0.2) is 0 Å². The van der Waals surface area contributed by atoms with E-state index in [2.05, 4.69) is 43.2 Å². The van der Waals surface area contributed by atoms with Gasteiger partial charge in [0.1, 0.15) is 0 Å². The Morgan fingerprint density at radius 1 is 1.08 bits per heavy atom. The van der Waals surface area contributed by atoms with Gasteiger partial charge in [-0.1, -0.05) is 0 Å². The van der Waals surface area contributed by atoms with Crippen molar-refractivity contribution in [2.75, 3.05) is 47.8 Å². The van der Waals surface area contributed by atoms with E-state index < -0.39 is 0 Å². The van der Waals surface area contributed by atoms with Gasteiger partial charge in [0.15, 0.2) is 0 Å². The van der Waals surface area contributed by atoms with E-state index >= 15 is 0 Å². The van der Waals surface area contributed by atoms with E-state index in [9.17, 15) is 0 Å². The van der Waals surface area contributed by atoms with Crippen molar-refractivity contribution in [2.45, 2.75) is 19.4 Å². The largest absolute Gasteiger partial charge is 0.317 e. The van der Waals surface area contributed by atoms with Crippen molar-refractivity contribution in [1.82, 2.24) is 15.1 Å². The highest BCUT2D eigenvalue weighted by atomic mass is 15.1. The highest BCUT2D eigenvalue weighted by Crippen LogP contribution is 1.93. The lowest BCUT2D eigenvalue weighted by molar-refractivity contribution is 0.271. The van der Waals surface area contributed by atoms with Crippen molar-refractivity contribution in [3.8, 4) is 0 Å². The quantitative estimate of drug-likeness (QED) is 0.625. The molecule has 0 aliphatic rings. The monoisotopic (exact) mass is 187 g/mol. The van der Waals surface area contributed by atoms with E-state index in [1.165, 1.54) is 13.0 Å². The molecule has 0 radical (unpaired) electrons. The summed E-state index contributed by atoms with van der Waals surface area (Å²) >= 11 is 0. The van der Waals surface area contributed by atoms with E-state index in [-0.39, 0.29) is 0 Å². The molecule has 0 bridgehead atoms. The fourth-order valence-corrected chi connectivity index (χ4v) is 1.04. The third-order valence-corrected chi connectivity index (χ3v) is 2.37. The van der Waals surface area contributed by atoms with Gasteiger partial charge in [-0.25, -0.2) is 0 Å². The number of rotatable bonds is 7. The molecule has 0 rings (SSSR count). The first-order valence-corrected chi connectivity index (χ1v) is 5.06. The molecule has 1 N–H and O–H groups in total. The van der Waals surface area contributed by atoms with Crippen molar-refractivity contribution in [3.05, 3.63) is 0 Å². The van der Waals surface area contributed by atoms with E-state index in [4.69, 9.17) is 0 Å². The average Bonchev–Trinajstić information content (AvgIpc) is 2.10. The van der Waals surface area contributed by atoms with Crippen LogP contribution in [-0.2, 0) is 0 Å². The lowest BCUT2D eigenvalue weighted by Gasteiger charge is -2.20. The van der Waals surface area contributed by atoms with Crippen LogP contribution in [0, 0.1) is 0 Å². The summed E-state index contributed by atoms with van der Waals surface area (Å²) in [4.78, 5) is 4.60. The first kappa shape index (κ1) is 12.9. The Bertz CT molecular complexity index is 115. The minimum absolute atomic E-state index is 0.627. The summed E-state index contributed by atoms with van der Waals surface area (Å²) in [5.74, 6) is 0. The number of hydrogen-bond donors (Lipinski definition) is 1. The molecule has 13 heavy (non-hydrogen) atoms. The zero-order chi connectivity index (χ0) is 10.3. The molecular weight excluding hydrogens is 162 g/mol. The second kappa shape index (κ2) is 7.30. The van der Waals surface area contributed by atoms with Crippen molar-refractivity contribution in [1.29, 1.82) is 0 Å². The van der Waals surface area contributed by atoms with E-state index in [0.29, 0.717) is 6.04 Å². The zero-order valence-corrected chi connectivity index (χ0v) is 9.80. The van der Waals surface area contributed by atoms with Crippen molar-refractivity contribution >= 4 is 0 Å². The van der Waals surface area contributed by atoms with Gasteiger partial charge in [-0.05, 0) is 48.1 Å². The average molecular weight is 187 g/mol. The van der Waals surface area contributed by atoms with Crippen molar-refractivity contribution in [2.24, 2.45) is 0 Å². The molecule has 0 aliphatic carbocycles. The summed E-state index contributed by atoms with van der Waals surface area (Å²) in [5.41, 5.74) is 0. The molecule has 0 saturated carbocycles. The van der Waals surface area contributed by atoms with Crippen LogP contribution in [0.5, 0.6) is 0 Å². The fraction of sp³-hybridized carbons (Fsp3) is 1.00. The first-order chi connectivity index (χ1) is 6.06. The third-order valence-electron chi connectivity index (χ3n) is 2.37. The number of nitrogens with one attached hydrogen (secondary N) is 1. The van der Waals surface area contributed by atoms with Crippen LogP contribution in [0.25, 0.3) is 0 Å². The molecule has 3 nitrogen and oxygen atoms in total. The summed E-state index contributed by atoms with van der Waals surface area (Å²) in [6.07, 6.45) is 1.22. The van der Waals surface area contributed by atoms with Gasteiger partial charge < -0.3 is 15.1 Å². The van der Waals surface area contributed by atoms with Crippen molar-refractivity contribution in [3.63, 3.8) is 0 Å². The molecule has 0 heterocycles. The Balaban J connectivity index is 3.34. The normalized spacial score (nSPS) is 14.1. The number of likely N-dealkylation sites (N-methyl/N-ethyl adjacent to an activating group) is 2. The van der Waals surface area contributed by atoms with Gasteiger partial charge in [0.25, 0.3) is 0 Å². The minimum Gasteiger partial charge on any atom is -0.317 e. The minimum atomic E-state index is 0.627. The lowest BCUT2D eigenvalue weighted by atomic mass is 10.2. The Labute approximate surface area is 83.1 Å². The fourth-order valence-electron chi connectivity index (χ4n) is 1.04. The zero-order valence-electron chi connectivity index (χ0n) is 9.80. The molecule has 0 saturated heterocycles. The Hall–Kier alpha value is -0.120. The standard InChI is InChI=1S/C10H25N3/c1-10(11-2)6-7-13(5)9-8-12(3)4/h10-11H,6-9H2,1-5H3. The smallest absolute Gasteiger partial charge is 0.0106 e. The Morgan fingerprint density at radius 3 is 2.15 bits per heavy atom. The van der Waals surface area contributed by atoms with Crippen LogP contribution in [-0.4, -0.2) is 63.7 Å². The van der Waals surface area contributed by atoms with Crippen LogP contribution < -0.4 is 5.32 Å². The summed E-state index contributed by atoms with van der Waals surface area (Å²) in [5, 5.41) is 3.25. The molecule has 0 aromatic heterocycles. The summed E-state index contributed by atoms with van der Waals surface area (Å²) in [7, 11) is 8.44. The van der Waals surface area contributed by atoms with Gasteiger partial charge in [-0.2, -0.15) is 0 Å². The summed E-state index contributed by atoms with van der Waals surface area (Å²) < 4.78 is 0. The van der Waals surface area contributed by atoms with Gasteiger partial charge in [0.05, 0.1) is 0 Å². The summed E-state index contributed by atoms with van der Waals surface area (Å²) in [6, 6.07) is 0.627. The van der Waals surface area contributed by atoms with Gasteiger partial charge in [-0.3, -0.25) is 0 Å². The maximum absolute atomic E-state index is 3.25. The maximum Gasteiger partial charge on any atom is 0.0106 e. The predicted molar refractivity (Wildman–Crippen MR) is 59.2 cm³/mol. The van der Waals surface area contributed by atoms with E-state index in [0.717, 1.165) is 13.1 Å². The van der Waals surface area contributed by atoms with E-state index in [1.54, 1.807) is 0 Å². The van der Waals surface area contributed by atoms with Crippen LogP contribution in [0.2, 0.25) is 0 Å². The van der Waals surface area contributed by atoms with Gasteiger partial charge >= 0.3 is 0 Å². The van der Waals surface area contributed by atoms with Crippen molar-refractivity contribution < 1.29 is 0 Å². The third kappa shape index (κ3) is 8.22. The molecule has 3 heteroatoms. The maximum atomic E-state index is 3.25. The predicted octanol–water partition coefficient (Wildman–Crippen LogP) is 0.478. The topological polar surface area (TPSA) is 18.5 Å². The highest BCUT2D eigenvalue weighted by molar-refractivity contribution is 4.61. The van der Waals surface area contributed by atoms with Crippen LogP contribution in [0.3, 0.4) is 0 Å². The second-order valence-corrected chi connectivity index (χ2v) is 4.08. The molecular formula is C10H25N3. The lowest BCUT2D eigenvalue weighted by Crippen LogP contribution is -2.32.